The van der Waals surface area contributed by atoms with E-state index in [4.69, 9.17) is 0 Å². The third-order valence-corrected chi connectivity index (χ3v) is 4.09. The van der Waals surface area contributed by atoms with Crippen LogP contribution in [-0.4, -0.2) is 16.3 Å². The van der Waals surface area contributed by atoms with Crippen LogP contribution in [0.3, 0.4) is 0 Å². The highest BCUT2D eigenvalue weighted by molar-refractivity contribution is 9.10. The standard InChI is InChI=1S/C15H20BrN3/c1-4-17-15(10-13-7-8-19(3)18-13)12-6-5-11(2)14(16)9-12/h5-9,15,17H,4,10H2,1-3H3. The van der Waals surface area contributed by atoms with E-state index in [0.29, 0.717) is 6.04 Å². The lowest BCUT2D eigenvalue weighted by molar-refractivity contribution is 0.539. The Hall–Kier alpha value is -1.13. The van der Waals surface area contributed by atoms with E-state index in [1.807, 2.05) is 17.9 Å². The second kappa shape index (κ2) is 6.35. The molecule has 0 saturated heterocycles. The van der Waals surface area contributed by atoms with Crippen molar-refractivity contribution < 1.29 is 0 Å². The first kappa shape index (κ1) is 14.3. The van der Waals surface area contributed by atoms with Crippen molar-refractivity contribution in [1.29, 1.82) is 0 Å². The van der Waals surface area contributed by atoms with Crippen LogP contribution in [0.15, 0.2) is 34.9 Å². The maximum atomic E-state index is 4.46. The quantitative estimate of drug-likeness (QED) is 0.914. The van der Waals surface area contributed by atoms with E-state index in [0.717, 1.165) is 23.1 Å². The summed E-state index contributed by atoms with van der Waals surface area (Å²) in [6.45, 7) is 5.19. The first-order valence-electron chi connectivity index (χ1n) is 6.58. The van der Waals surface area contributed by atoms with Gasteiger partial charge in [0.2, 0.25) is 0 Å². The highest BCUT2D eigenvalue weighted by Gasteiger charge is 2.13. The Morgan fingerprint density at radius 3 is 2.74 bits per heavy atom. The molecule has 0 aliphatic carbocycles. The molecule has 1 aromatic heterocycles. The Balaban J connectivity index is 2.21. The van der Waals surface area contributed by atoms with Gasteiger partial charge in [-0.05, 0) is 36.7 Å². The van der Waals surface area contributed by atoms with Gasteiger partial charge in [-0.25, -0.2) is 0 Å². The summed E-state index contributed by atoms with van der Waals surface area (Å²) in [4.78, 5) is 0. The van der Waals surface area contributed by atoms with Crippen LogP contribution in [0.2, 0.25) is 0 Å². The molecule has 3 nitrogen and oxygen atoms in total. The molecule has 102 valence electrons. The molecule has 0 aliphatic rings. The zero-order valence-electron chi connectivity index (χ0n) is 11.7. The highest BCUT2D eigenvalue weighted by atomic mass is 79.9. The minimum Gasteiger partial charge on any atom is -0.310 e. The molecule has 1 atom stereocenters. The van der Waals surface area contributed by atoms with Crippen molar-refractivity contribution in [2.24, 2.45) is 7.05 Å². The molecule has 0 radical (unpaired) electrons. The van der Waals surface area contributed by atoms with Gasteiger partial charge in [0, 0.05) is 30.2 Å². The summed E-state index contributed by atoms with van der Waals surface area (Å²) in [5.41, 5.74) is 3.67. The van der Waals surface area contributed by atoms with Crippen LogP contribution in [0.4, 0.5) is 0 Å². The fourth-order valence-corrected chi connectivity index (χ4v) is 2.56. The van der Waals surface area contributed by atoms with Crippen LogP contribution in [0.1, 0.15) is 29.8 Å². The molecule has 2 rings (SSSR count). The second-order valence-electron chi connectivity index (χ2n) is 4.80. The maximum absolute atomic E-state index is 4.46. The lowest BCUT2D eigenvalue weighted by atomic mass is 10.0. The number of halogens is 1. The van der Waals surface area contributed by atoms with E-state index in [-0.39, 0.29) is 0 Å². The van der Waals surface area contributed by atoms with E-state index < -0.39 is 0 Å². The number of hydrogen-bond donors (Lipinski definition) is 1. The number of nitrogens with zero attached hydrogens (tertiary/aromatic N) is 2. The van der Waals surface area contributed by atoms with Crippen molar-refractivity contribution in [3.05, 3.63) is 51.8 Å². The molecular formula is C15H20BrN3. The monoisotopic (exact) mass is 321 g/mol. The molecule has 1 heterocycles. The summed E-state index contributed by atoms with van der Waals surface area (Å²) in [5, 5.41) is 8.00. The lowest BCUT2D eigenvalue weighted by Gasteiger charge is -2.18. The minimum atomic E-state index is 0.303. The van der Waals surface area contributed by atoms with E-state index in [1.54, 1.807) is 0 Å². The van der Waals surface area contributed by atoms with E-state index in [2.05, 4.69) is 64.5 Å². The van der Waals surface area contributed by atoms with Crippen molar-refractivity contribution in [2.75, 3.05) is 6.54 Å². The average molecular weight is 322 g/mol. The second-order valence-corrected chi connectivity index (χ2v) is 5.66. The zero-order valence-corrected chi connectivity index (χ0v) is 13.2. The van der Waals surface area contributed by atoms with Crippen LogP contribution < -0.4 is 5.32 Å². The summed E-state index contributed by atoms with van der Waals surface area (Å²) in [6, 6.07) is 8.93. The Kier molecular flexibility index (Phi) is 4.77. The maximum Gasteiger partial charge on any atom is 0.0643 e. The van der Waals surface area contributed by atoms with Crippen LogP contribution in [-0.2, 0) is 13.5 Å². The number of nitrogens with one attached hydrogen (secondary N) is 1. The molecule has 0 amide bonds. The highest BCUT2D eigenvalue weighted by Crippen LogP contribution is 2.24. The van der Waals surface area contributed by atoms with Gasteiger partial charge in [0.25, 0.3) is 0 Å². The Morgan fingerprint density at radius 2 is 2.16 bits per heavy atom. The SMILES string of the molecule is CCNC(Cc1ccn(C)n1)c1ccc(C)c(Br)c1. The van der Waals surface area contributed by atoms with Gasteiger partial charge in [0.15, 0.2) is 0 Å². The van der Waals surface area contributed by atoms with Crippen molar-refractivity contribution in [2.45, 2.75) is 26.3 Å². The third-order valence-electron chi connectivity index (χ3n) is 3.23. The van der Waals surface area contributed by atoms with Crippen LogP contribution in [0.5, 0.6) is 0 Å². The van der Waals surface area contributed by atoms with Crippen molar-refractivity contribution in [3.8, 4) is 0 Å². The van der Waals surface area contributed by atoms with E-state index in [9.17, 15) is 0 Å². The number of hydrogen-bond acceptors (Lipinski definition) is 2. The fraction of sp³-hybridized carbons (Fsp3) is 0.400. The van der Waals surface area contributed by atoms with Gasteiger partial charge in [-0.15, -0.1) is 0 Å². The average Bonchev–Trinajstić information content (AvgIpc) is 2.78. The van der Waals surface area contributed by atoms with Gasteiger partial charge < -0.3 is 5.32 Å². The fourth-order valence-electron chi connectivity index (χ4n) is 2.16. The van der Waals surface area contributed by atoms with Crippen LogP contribution in [0.25, 0.3) is 0 Å². The smallest absolute Gasteiger partial charge is 0.0643 e. The molecule has 0 aliphatic heterocycles. The Labute approximate surface area is 123 Å². The van der Waals surface area contributed by atoms with Gasteiger partial charge in [0.05, 0.1) is 5.69 Å². The molecule has 1 aromatic carbocycles. The summed E-state index contributed by atoms with van der Waals surface area (Å²) < 4.78 is 3.01. The summed E-state index contributed by atoms with van der Waals surface area (Å²) in [5.74, 6) is 0. The topological polar surface area (TPSA) is 29.9 Å². The molecule has 19 heavy (non-hydrogen) atoms. The van der Waals surface area contributed by atoms with Crippen LogP contribution in [0, 0.1) is 6.92 Å². The van der Waals surface area contributed by atoms with Crippen molar-refractivity contribution >= 4 is 15.9 Å². The summed E-state index contributed by atoms with van der Waals surface area (Å²) >= 11 is 3.61. The van der Waals surface area contributed by atoms with Gasteiger partial charge >= 0.3 is 0 Å². The predicted octanol–water partition coefficient (Wildman–Crippen LogP) is 3.38. The van der Waals surface area contributed by atoms with E-state index in [1.165, 1.54) is 11.1 Å². The Bertz CT molecular complexity index is 548. The van der Waals surface area contributed by atoms with Gasteiger partial charge in [-0.3, -0.25) is 4.68 Å². The molecule has 2 aromatic rings. The molecule has 0 fully saturated rings. The van der Waals surface area contributed by atoms with Crippen molar-refractivity contribution in [3.63, 3.8) is 0 Å². The molecule has 0 saturated carbocycles. The molecule has 0 spiro atoms. The summed E-state index contributed by atoms with van der Waals surface area (Å²) in [7, 11) is 1.95. The Morgan fingerprint density at radius 1 is 1.37 bits per heavy atom. The lowest BCUT2D eigenvalue weighted by Crippen LogP contribution is -2.23. The molecular weight excluding hydrogens is 302 g/mol. The van der Waals surface area contributed by atoms with Gasteiger partial charge in [-0.2, -0.15) is 5.10 Å². The minimum absolute atomic E-state index is 0.303. The van der Waals surface area contributed by atoms with Crippen molar-refractivity contribution in [1.82, 2.24) is 15.1 Å². The number of likely N-dealkylation sites (N-methyl/N-ethyl adjacent to an activating group) is 1. The summed E-state index contributed by atoms with van der Waals surface area (Å²) in [6.07, 6.45) is 2.90. The molecule has 0 bridgehead atoms. The number of aryl methyl sites for hydroxylation is 2. The third kappa shape index (κ3) is 3.67. The van der Waals surface area contributed by atoms with E-state index >= 15 is 0 Å². The number of benzene rings is 1. The normalized spacial score (nSPS) is 12.6. The van der Waals surface area contributed by atoms with Crippen LogP contribution >= 0.6 is 15.9 Å². The first-order chi connectivity index (χ1) is 9.10. The predicted molar refractivity (Wildman–Crippen MR) is 82.2 cm³/mol. The molecule has 1 N–H and O–H groups in total. The molecule has 4 heteroatoms. The first-order valence-corrected chi connectivity index (χ1v) is 7.37. The van der Waals surface area contributed by atoms with Gasteiger partial charge in [-0.1, -0.05) is 35.0 Å². The number of aromatic nitrogens is 2. The molecule has 1 unspecified atom stereocenters. The number of rotatable bonds is 5. The largest absolute Gasteiger partial charge is 0.310 e. The zero-order chi connectivity index (χ0) is 13.8. The van der Waals surface area contributed by atoms with Gasteiger partial charge in [0.1, 0.15) is 0 Å².